The first kappa shape index (κ1) is 15.0. The van der Waals surface area contributed by atoms with E-state index < -0.39 is 0 Å². The Balaban J connectivity index is 2.11. The normalized spacial score (nSPS) is 20.4. The third-order valence-corrected chi connectivity index (χ3v) is 5.25. The van der Waals surface area contributed by atoms with Crippen LogP contribution in [0.2, 0.25) is 0 Å². The average molecular weight is 281 g/mol. The highest BCUT2D eigenvalue weighted by atomic mass is 32.1. The topological polar surface area (TPSA) is 22.1 Å². The number of thiazole rings is 1. The van der Waals surface area contributed by atoms with Crippen LogP contribution in [0.1, 0.15) is 82.0 Å². The van der Waals surface area contributed by atoms with Crippen LogP contribution in [0, 0.1) is 5.92 Å². The van der Waals surface area contributed by atoms with Crippen LogP contribution in [0.25, 0.3) is 0 Å². The second-order valence-electron chi connectivity index (χ2n) is 5.69. The van der Waals surface area contributed by atoms with Gasteiger partial charge in [0.25, 0.3) is 0 Å². The van der Waals surface area contributed by atoms with Gasteiger partial charge in [-0.2, -0.15) is 0 Å². The molecule has 108 valence electrons. The Kier molecular flexibility index (Phi) is 5.83. The molecule has 0 bridgehead atoms. The van der Waals surface area contributed by atoms with E-state index in [1.807, 2.05) is 0 Å². The largest absolute Gasteiger partial charge is 0.371 e. The second kappa shape index (κ2) is 7.39. The van der Waals surface area contributed by atoms with Crippen molar-refractivity contribution < 1.29 is 4.74 Å². The number of ether oxygens (including phenoxy) is 1. The molecule has 0 aromatic carbocycles. The van der Waals surface area contributed by atoms with Gasteiger partial charge in [0.05, 0.1) is 5.69 Å². The van der Waals surface area contributed by atoms with Crippen LogP contribution in [0.5, 0.6) is 0 Å². The first-order valence-corrected chi connectivity index (χ1v) is 8.71. The summed E-state index contributed by atoms with van der Waals surface area (Å²) in [5.74, 6) is 1.25. The Labute approximate surface area is 121 Å². The molecule has 1 fully saturated rings. The van der Waals surface area contributed by atoms with Crippen LogP contribution in [0.3, 0.4) is 0 Å². The van der Waals surface area contributed by atoms with Crippen LogP contribution in [-0.2, 0) is 4.74 Å². The number of hydrogen-bond donors (Lipinski definition) is 0. The van der Waals surface area contributed by atoms with Gasteiger partial charge in [0.1, 0.15) is 11.1 Å². The number of rotatable bonds is 6. The van der Waals surface area contributed by atoms with Crippen molar-refractivity contribution in [3.05, 3.63) is 16.1 Å². The van der Waals surface area contributed by atoms with Gasteiger partial charge in [-0.05, 0) is 38.0 Å². The van der Waals surface area contributed by atoms with Crippen molar-refractivity contribution in [1.29, 1.82) is 0 Å². The molecular weight excluding hydrogens is 254 g/mol. The summed E-state index contributed by atoms with van der Waals surface area (Å²) in [5, 5.41) is 3.45. The Hall–Kier alpha value is -0.410. The minimum Gasteiger partial charge on any atom is -0.371 e. The van der Waals surface area contributed by atoms with Gasteiger partial charge in [0, 0.05) is 12.0 Å². The fourth-order valence-corrected chi connectivity index (χ4v) is 3.97. The highest BCUT2D eigenvalue weighted by molar-refractivity contribution is 7.09. The van der Waals surface area contributed by atoms with Gasteiger partial charge >= 0.3 is 0 Å². The summed E-state index contributed by atoms with van der Waals surface area (Å²) in [4.78, 5) is 4.87. The second-order valence-corrected chi connectivity index (χ2v) is 6.58. The smallest absolute Gasteiger partial charge is 0.122 e. The summed E-state index contributed by atoms with van der Waals surface area (Å²) in [6.07, 6.45) is 8.13. The first-order chi connectivity index (χ1) is 9.26. The maximum atomic E-state index is 6.04. The molecule has 2 unspecified atom stereocenters. The van der Waals surface area contributed by atoms with E-state index in [-0.39, 0.29) is 6.10 Å². The zero-order chi connectivity index (χ0) is 13.7. The monoisotopic (exact) mass is 281 g/mol. The fraction of sp³-hybridized carbons (Fsp3) is 0.812. The molecule has 2 rings (SSSR count). The van der Waals surface area contributed by atoms with Gasteiger partial charge in [-0.3, -0.25) is 0 Å². The summed E-state index contributed by atoms with van der Waals surface area (Å²) >= 11 is 1.80. The van der Waals surface area contributed by atoms with Crippen molar-refractivity contribution in [2.45, 2.75) is 71.3 Å². The van der Waals surface area contributed by atoms with Crippen molar-refractivity contribution in [2.75, 3.05) is 6.61 Å². The van der Waals surface area contributed by atoms with Crippen LogP contribution in [0.15, 0.2) is 5.38 Å². The molecule has 1 saturated carbocycles. The van der Waals surface area contributed by atoms with Gasteiger partial charge < -0.3 is 4.74 Å². The number of aromatic nitrogens is 1. The molecule has 0 spiro atoms. The maximum Gasteiger partial charge on any atom is 0.122 e. The van der Waals surface area contributed by atoms with Crippen molar-refractivity contribution in [1.82, 2.24) is 4.98 Å². The summed E-state index contributed by atoms with van der Waals surface area (Å²) in [5.41, 5.74) is 1.25. The van der Waals surface area contributed by atoms with Gasteiger partial charge in [-0.1, -0.05) is 33.1 Å². The van der Waals surface area contributed by atoms with Gasteiger partial charge in [0.15, 0.2) is 0 Å². The third-order valence-electron chi connectivity index (χ3n) is 4.32. The highest BCUT2D eigenvalue weighted by Gasteiger charge is 2.28. The van der Waals surface area contributed by atoms with Crippen molar-refractivity contribution in [3.63, 3.8) is 0 Å². The molecule has 0 radical (unpaired) electrons. The van der Waals surface area contributed by atoms with E-state index in [4.69, 9.17) is 9.72 Å². The quantitative estimate of drug-likeness (QED) is 0.704. The lowest BCUT2D eigenvalue weighted by Crippen LogP contribution is -2.19. The molecule has 1 aromatic heterocycles. The molecule has 0 amide bonds. The van der Waals surface area contributed by atoms with Crippen LogP contribution >= 0.6 is 11.3 Å². The van der Waals surface area contributed by atoms with Crippen molar-refractivity contribution in [2.24, 2.45) is 5.92 Å². The summed E-state index contributed by atoms with van der Waals surface area (Å²) in [6.45, 7) is 7.37. The lowest BCUT2D eigenvalue weighted by atomic mass is 9.85. The lowest BCUT2D eigenvalue weighted by molar-refractivity contribution is 0.00540. The third kappa shape index (κ3) is 3.79. The van der Waals surface area contributed by atoms with E-state index in [0.29, 0.717) is 11.8 Å². The predicted octanol–water partition coefficient (Wildman–Crippen LogP) is 5.31. The Morgan fingerprint density at radius 3 is 2.68 bits per heavy atom. The highest BCUT2D eigenvalue weighted by Crippen LogP contribution is 2.38. The van der Waals surface area contributed by atoms with Crippen LogP contribution in [0.4, 0.5) is 0 Å². The Morgan fingerprint density at radius 1 is 1.32 bits per heavy atom. The van der Waals surface area contributed by atoms with Gasteiger partial charge in [0.2, 0.25) is 0 Å². The molecule has 1 aliphatic rings. The van der Waals surface area contributed by atoms with E-state index >= 15 is 0 Å². The van der Waals surface area contributed by atoms with Crippen molar-refractivity contribution >= 4 is 11.3 Å². The van der Waals surface area contributed by atoms with E-state index in [1.165, 1.54) is 42.8 Å². The average Bonchev–Trinajstić information content (AvgIpc) is 2.94. The Bertz CT molecular complexity index is 371. The molecular formula is C16H27NOS. The zero-order valence-electron chi connectivity index (χ0n) is 12.5. The standard InChI is InChI=1S/C16H27NOS/c1-4-12(3)14-11-19-16(17-14)15(18-5-2)13-9-7-6-8-10-13/h11-13,15H,4-10H2,1-3H3. The summed E-state index contributed by atoms with van der Waals surface area (Å²) in [6, 6.07) is 0. The zero-order valence-corrected chi connectivity index (χ0v) is 13.3. The summed E-state index contributed by atoms with van der Waals surface area (Å²) in [7, 11) is 0. The molecule has 1 aromatic rings. The number of hydrogen-bond acceptors (Lipinski definition) is 3. The van der Waals surface area contributed by atoms with Crippen LogP contribution < -0.4 is 0 Å². The van der Waals surface area contributed by atoms with Crippen LogP contribution in [-0.4, -0.2) is 11.6 Å². The first-order valence-electron chi connectivity index (χ1n) is 7.83. The molecule has 2 nitrogen and oxygen atoms in total. The summed E-state index contributed by atoms with van der Waals surface area (Å²) < 4.78 is 6.04. The SMILES string of the molecule is CCOC(c1nc(C(C)CC)cs1)C1CCCCC1. The molecule has 2 atom stereocenters. The van der Waals surface area contributed by atoms with E-state index in [1.54, 1.807) is 11.3 Å². The lowest BCUT2D eigenvalue weighted by Gasteiger charge is -2.28. The molecule has 0 saturated heterocycles. The fourth-order valence-electron chi connectivity index (χ4n) is 2.89. The van der Waals surface area contributed by atoms with Crippen molar-refractivity contribution in [3.8, 4) is 0 Å². The molecule has 0 aliphatic heterocycles. The number of nitrogens with zero attached hydrogens (tertiary/aromatic N) is 1. The molecule has 1 heterocycles. The van der Waals surface area contributed by atoms with E-state index in [0.717, 1.165) is 13.0 Å². The molecule has 1 aliphatic carbocycles. The van der Waals surface area contributed by atoms with E-state index in [2.05, 4.69) is 26.2 Å². The minimum absolute atomic E-state index is 0.244. The maximum absolute atomic E-state index is 6.04. The molecule has 0 N–H and O–H groups in total. The Morgan fingerprint density at radius 2 is 2.05 bits per heavy atom. The van der Waals surface area contributed by atoms with Gasteiger partial charge in [-0.25, -0.2) is 4.98 Å². The van der Waals surface area contributed by atoms with E-state index in [9.17, 15) is 0 Å². The molecule has 3 heteroatoms. The molecule has 19 heavy (non-hydrogen) atoms. The predicted molar refractivity (Wildman–Crippen MR) is 81.8 cm³/mol. The minimum atomic E-state index is 0.244. The van der Waals surface area contributed by atoms with Gasteiger partial charge in [-0.15, -0.1) is 11.3 Å².